The van der Waals surface area contributed by atoms with Crippen LogP contribution in [0.1, 0.15) is 0 Å². The van der Waals surface area contributed by atoms with Gasteiger partial charge < -0.3 is 0 Å². The fourth-order valence-electron chi connectivity index (χ4n) is 1.37. The van der Waals surface area contributed by atoms with Gasteiger partial charge in [-0.05, 0) is 12.1 Å². The van der Waals surface area contributed by atoms with Crippen LogP contribution in [0.3, 0.4) is 0 Å². The number of nitrogens with one attached hydrogen (secondary N) is 1. The van der Waals surface area contributed by atoms with Gasteiger partial charge >= 0.3 is 0 Å². The fourth-order valence-corrected chi connectivity index (χ4v) is 1.37. The first-order chi connectivity index (χ1) is 7.43. The van der Waals surface area contributed by atoms with Gasteiger partial charge in [0.25, 0.3) is 0 Å². The highest BCUT2D eigenvalue weighted by Gasteiger charge is 2.03. The van der Waals surface area contributed by atoms with Crippen LogP contribution in [0.2, 0.25) is 0 Å². The van der Waals surface area contributed by atoms with Crippen LogP contribution in [0, 0.1) is 0 Å². The molecular formula is C9H8N6. The summed E-state index contributed by atoms with van der Waals surface area (Å²) in [4.78, 5) is 4.20. The summed E-state index contributed by atoms with van der Waals surface area (Å²) in [5, 5.41) is 7.79. The second-order valence-corrected chi connectivity index (χ2v) is 3.04. The summed E-state index contributed by atoms with van der Waals surface area (Å²) in [5.41, 5.74) is 3.80. The molecule has 74 valence electrons. The second-order valence-electron chi connectivity index (χ2n) is 3.04. The Morgan fingerprint density at radius 3 is 2.87 bits per heavy atom. The molecule has 1 N–H and O–H groups in total. The molecule has 6 heteroatoms. The lowest BCUT2D eigenvalue weighted by Crippen LogP contribution is -2.08. The van der Waals surface area contributed by atoms with Crippen molar-refractivity contribution in [3.8, 4) is 0 Å². The van der Waals surface area contributed by atoms with E-state index in [9.17, 15) is 0 Å². The maximum Gasteiger partial charge on any atom is 0.205 e. The molecule has 0 aliphatic heterocycles. The molecule has 0 atom stereocenters. The first-order valence-electron chi connectivity index (χ1n) is 4.48. The standard InChI is InChI=1S/C9H8N6/c1-2-5-15(4-1)13-8-9-12-11-7-14(9)6-3-10-8/h1-7H,(H,10,13). The van der Waals surface area contributed by atoms with Gasteiger partial charge in [-0.3, -0.25) is 14.5 Å². The summed E-state index contributed by atoms with van der Waals surface area (Å²) in [6.45, 7) is 0. The van der Waals surface area contributed by atoms with Crippen LogP contribution in [0.15, 0.2) is 43.2 Å². The molecule has 0 aliphatic carbocycles. The molecule has 0 amide bonds. The minimum atomic E-state index is 0.672. The summed E-state index contributed by atoms with van der Waals surface area (Å²) in [5.74, 6) is 0.672. The van der Waals surface area contributed by atoms with Gasteiger partial charge in [-0.25, -0.2) is 4.98 Å². The SMILES string of the molecule is c1ccn(Nc2nccn3cnnc23)c1. The average molecular weight is 200 g/mol. The van der Waals surface area contributed by atoms with Crippen molar-refractivity contribution >= 4 is 11.5 Å². The molecule has 3 rings (SSSR count). The Kier molecular flexibility index (Phi) is 1.64. The Balaban J connectivity index is 2.07. The van der Waals surface area contributed by atoms with E-state index in [1.54, 1.807) is 27.8 Å². The number of fused-ring (bicyclic) bond motifs is 1. The van der Waals surface area contributed by atoms with E-state index >= 15 is 0 Å². The first-order valence-corrected chi connectivity index (χ1v) is 4.48. The van der Waals surface area contributed by atoms with Crippen LogP contribution >= 0.6 is 0 Å². The smallest absolute Gasteiger partial charge is 0.205 e. The van der Waals surface area contributed by atoms with E-state index in [4.69, 9.17) is 0 Å². The predicted molar refractivity (Wildman–Crippen MR) is 54.2 cm³/mol. The molecule has 3 aromatic heterocycles. The van der Waals surface area contributed by atoms with E-state index < -0.39 is 0 Å². The Morgan fingerprint density at radius 1 is 1.13 bits per heavy atom. The van der Waals surface area contributed by atoms with Crippen LogP contribution in [0.25, 0.3) is 5.65 Å². The van der Waals surface area contributed by atoms with Crippen molar-refractivity contribution in [3.63, 3.8) is 0 Å². The molecule has 0 aliphatic rings. The molecule has 0 bridgehead atoms. The maximum absolute atomic E-state index is 4.20. The van der Waals surface area contributed by atoms with Gasteiger partial charge in [0, 0.05) is 24.8 Å². The lowest BCUT2D eigenvalue weighted by Gasteiger charge is -2.06. The van der Waals surface area contributed by atoms with Crippen LogP contribution in [0.5, 0.6) is 0 Å². The van der Waals surface area contributed by atoms with Gasteiger partial charge in [0.15, 0.2) is 5.82 Å². The number of rotatable bonds is 2. The van der Waals surface area contributed by atoms with Crippen molar-refractivity contribution in [1.29, 1.82) is 0 Å². The fraction of sp³-hybridized carbons (Fsp3) is 0. The molecule has 0 spiro atoms. The van der Waals surface area contributed by atoms with Gasteiger partial charge in [-0.2, -0.15) is 0 Å². The highest BCUT2D eigenvalue weighted by molar-refractivity contribution is 5.61. The second kappa shape index (κ2) is 3.09. The number of hydrogen-bond acceptors (Lipinski definition) is 4. The quantitative estimate of drug-likeness (QED) is 0.664. The Labute approximate surface area is 85.2 Å². The molecule has 0 aromatic carbocycles. The van der Waals surface area contributed by atoms with Crippen LogP contribution in [-0.2, 0) is 0 Å². The van der Waals surface area contributed by atoms with E-state index in [1.165, 1.54) is 0 Å². The van der Waals surface area contributed by atoms with Crippen molar-refractivity contribution in [3.05, 3.63) is 43.2 Å². The van der Waals surface area contributed by atoms with E-state index in [-0.39, 0.29) is 0 Å². The summed E-state index contributed by atoms with van der Waals surface area (Å²) >= 11 is 0. The van der Waals surface area contributed by atoms with Gasteiger partial charge in [0.05, 0.1) is 0 Å². The summed E-state index contributed by atoms with van der Waals surface area (Å²) < 4.78 is 3.61. The Bertz CT molecular complexity index is 567. The van der Waals surface area contributed by atoms with E-state index in [2.05, 4.69) is 20.6 Å². The molecule has 3 heterocycles. The molecule has 0 saturated carbocycles. The zero-order valence-corrected chi connectivity index (χ0v) is 7.78. The average Bonchev–Trinajstić information content (AvgIpc) is 2.87. The molecule has 0 unspecified atom stereocenters. The van der Waals surface area contributed by atoms with E-state index in [0.717, 1.165) is 0 Å². The highest BCUT2D eigenvalue weighted by atomic mass is 15.4. The number of hydrogen-bond donors (Lipinski definition) is 1. The molecular weight excluding hydrogens is 192 g/mol. The summed E-state index contributed by atoms with van der Waals surface area (Å²) in [6, 6.07) is 3.86. The van der Waals surface area contributed by atoms with Gasteiger partial charge in [-0.1, -0.05) is 0 Å². The summed E-state index contributed by atoms with van der Waals surface area (Å²) in [6.07, 6.45) is 8.92. The molecule has 15 heavy (non-hydrogen) atoms. The molecule has 3 aromatic rings. The zero-order valence-electron chi connectivity index (χ0n) is 7.78. The normalized spacial score (nSPS) is 10.7. The van der Waals surface area contributed by atoms with E-state index in [1.807, 2.05) is 24.5 Å². The Hall–Kier alpha value is -2.37. The van der Waals surface area contributed by atoms with Crippen molar-refractivity contribution in [2.75, 3.05) is 5.43 Å². The monoisotopic (exact) mass is 200 g/mol. The lowest BCUT2D eigenvalue weighted by atomic mass is 10.6. The van der Waals surface area contributed by atoms with Crippen molar-refractivity contribution in [2.24, 2.45) is 0 Å². The minimum Gasteiger partial charge on any atom is -0.284 e. The minimum absolute atomic E-state index is 0.672. The third-order valence-corrected chi connectivity index (χ3v) is 2.06. The van der Waals surface area contributed by atoms with E-state index in [0.29, 0.717) is 11.5 Å². The van der Waals surface area contributed by atoms with Crippen molar-refractivity contribution in [2.45, 2.75) is 0 Å². The molecule has 0 radical (unpaired) electrons. The molecule has 0 fully saturated rings. The van der Waals surface area contributed by atoms with Gasteiger partial charge in [-0.15, -0.1) is 10.2 Å². The van der Waals surface area contributed by atoms with Gasteiger partial charge in [0.1, 0.15) is 6.33 Å². The third-order valence-electron chi connectivity index (χ3n) is 2.06. The number of anilines is 1. The largest absolute Gasteiger partial charge is 0.284 e. The maximum atomic E-state index is 4.20. The third kappa shape index (κ3) is 1.32. The molecule has 6 nitrogen and oxygen atoms in total. The molecule has 0 saturated heterocycles. The topological polar surface area (TPSA) is 60.0 Å². The van der Waals surface area contributed by atoms with Crippen LogP contribution < -0.4 is 5.43 Å². The first kappa shape index (κ1) is 7.98. The Morgan fingerprint density at radius 2 is 2.00 bits per heavy atom. The van der Waals surface area contributed by atoms with Crippen LogP contribution in [0.4, 0.5) is 5.82 Å². The highest BCUT2D eigenvalue weighted by Crippen LogP contribution is 2.09. The lowest BCUT2D eigenvalue weighted by molar-refractivity contribution is 0.946. The predicted octanol–water partition coefficient (Wildman–Crippen LogP) is 0.801. The number of aromatic nitrogens is 5. The zero-order chi connectivity index (χ0) is 10.1. The van der Waals surface area contributed by atoms with Crippen LogP contribution in [-0.4, -0.2) is 24.3 Å². The summed E-state index contributed by atoms with van der Waals surface area (Å²) in [7, 11) is 0. The van der Waals surface area contributed by atoms with Crippen molar-refractivity contribution in [1.82, 2.24) is 24.3 Å². The van der Waals surface area contributed by atoms with Gasteiger partial charge in [0.2, 0.25) is 5.65 Å². The van der Waals surface area contributed by atoms with Crippen molar-refractivity contribution < 1.29 is 0 Å². The number of nitrogens with zero attached hydrogens (tertiary/aromatic N) is 5.